The fourth-order valence-electron chi connectivity index (χ4n) is 4.09. The van der Waals surface area contributed by atoms with Gasteiger partial charge in [-0.3, -0.25) is 9.59 Å². The minimum absolute atomic E-state index is 0.103. The van der Waals surface area contributed by atoms with Crippen LogP contribution in [0.1, 0.15) is 124 Å². The number of rotatable bonds is 27. The normalized spacial score (nSPS) is 13.9. The summed E-state index contributed by atoms with van der Waals surface area (Å²) < 4.78 is 10.5. The zero-order valence-corrected chi connectivity index (χ0v) is 26.8. The van der Waals surface area contributed by atoms with Crippen molar-refractivity contribution in [2.45, 2.75) is 136 Å². The minimum Gasteiger partial charge on any atom is -0.462 e. The molecule has 0 fully saturated rings. The van der Waals surface area contributed by atoms with Crippen molar-refractivity contribution in [3.63, 3.8) is 0 Å². The Morgan fingerprint density at radius 3 is 2.05 bits per heavy atom. The van der Waals surface area contributed by atoms with Gasteiger partial charge in [0, 0.05) is 12.8 Å². The Bertz CT molecular complexity index is 793. The van der Waals surface area contributed by atoms with E-state index in [4.69, 9.17) is 9.47 Å². The van der Waals surface area contributed by atoms with E-state index in [9.17, 15) is 19.8 Å². The highest BCUT2D eigenvalue weighted by Gasteiger charge is 2.15. The SMILES string of the molecule is CC/C=C\C(O)C/C=C/C=C\C/C=C\C/C=C\CCCC(=O)O[C@@H](CO)COC(=O)CCCCCCCCCC(C)C. The molecule has 6 heteroatoms. The molecular formula is C36H60O6. The van der Waals surface area contributed by atoms with Crippen molar-refractivity contribution in [2.75, 3.05) is 13.2 Å². The Morgan fingerprint density at radius 1 is 0.738 bits per heavy atom. The summed E-state index contributed by atoms with van der Waals surface area (Å²) >= 11 is 0. The highest BCUT2D eigenvalue weighted by atomic mass is 16.6. The Kier molecular flexibility index (Phi) is 28.3. The molecule has 6 nitrogen and oxygen atoms in total. The van der Waals surface area contributed by atoms with E-state index in [2.05, 4.69) is 38.2 Å². The van der Waals surface area contributed by atoms with Gasteiger partial charge in [0.2, 0.25) is 0 Å². The third-order valence-electron chi connectivity index (χ3n) is 6.58. The van der Waals surface area contributed by atoms with Gasteiger partial charge < -0.3 is 19.7 Å². The molecule has 0 rings (SSSR count). The van der Waals surface area contributed by atoms with Crippen molar-refractivity contribution in [1.29, 1.82) is 0 Å². The molecule has 2 atom stereocenters. The van der Waals surface area contributed by atoms with E-state index in [1.54, 1.807) is 0 Å². The number of carbonyl (C=O) groups is 2. The molecule has 0 amide bonds. The summed E-state index contributed by atoms with van der Waals surface area (Å²) in [4.78, 5) is 24.0. The van der Waals surface area contributed by atoms with Crippen LogP contribution >= 0.6 is 0 Å². The molecule has 0 aliphatic carbocycles. The molecule has 0 saturated heterocycles. The zero-order valence-electron chi connectivity index (χ0n) is 26.8. The van der Waals surface area contributed by atoms with Crippen LogP contribution in [0.2, 0.25) is 0 Å². The maximum atomic E-state index is 12.1. The molecule has 0 aliphatic heterocycles. The third-order valence-corrected chi connectivity index (χ3v) is 6.58. The summed E-state index contributed by atoms with van der Waals surface area (Å²) in [6, 6.07) is 0. The summed E-state index contributed by atoms with van der Waals surface area (Å²) in [6.07, 6.45) is 33.5. The standard InChI is InChI=1S/C36H60O6/c1-4-5-26-33(38)27-22-18-14-10-8-6-7-9-11-15-20-24-29-36(40)42-34(30-37)31-41-35(39)28-23-19-16-12-13-17-21-25-32(2)3/h5-7,10-11,14-15,18,22,26,32-34,37-38H,4,8-9,12-13,16-17,19-21,23-25,27-31H2,1-3H3/b7-6-,14-10-,15-11-,22-18+,26-5-/t33?,34-/m0/s1. The fraction of sp³-hybridized carbons (Fsp3) is 0.667. The van der Waals surface area contributed by atoms with Gasteiger partial charge in [0.25, 0.3) is 0 Å². The van der Waals surface area contributed by atoms with Gasteiger partial charge >= 0.3 is 11.9 Å². The molecule has 1 unspecified atom stereocenters. The lowest BCUT2D eigenvalue weighted by atomic mass is 10.0. The lowest BCUT2D eigenvalue weighted by Gasteiger charge is -2.15. The number of aliphatic hydroxyl groups excluding tert-OH is 2. The molecule has 2 N–H and O–H groups in total. The van der Waals surface area contributed by atoms with E-state index in [-0.39, 0.29) is 31.6 Å². The lowest BCUT2D eigenvalue weighted by molar-refractivity contribution is -0.161. The molecule has 0 aliphatic rings. The van der Waals surface area contributed by atoms with Gasteiger partial charge in [-0.15, -0.1) is 0 Å². The monoisotopic (exact) mass is 588 g/mol. The average Bonchev–Trinajstić information content (AvgIpc) is 2.97. The van der Waals surface area contributed by atoms with Crippen LogP contribution < -0.4 is 0 Å². The molecule has 240 valence electrons. The molecule has 0 radical (unpaired) electrons. The summed E-state index contributed by atoms with van der Waals surface area (Å²) in [5, 5.41) is 19.2. The number of esters is 2. The summed E-state index contributed by atoms with van der Waals surface area (Å²) in [6.45, 7) is 6.10. The maximum absolute atomic E-state index is 12.1. The summed E-state index contributed by atoms with van der Waals surface area (Å²) in [5.41, 5.74) is 0. The number of carbonyl (C=O) groups excluding carboxylic acids is 2. The van der Waals surface area contributed by atoms with Crippen LogP contribution in [-0.4, -0.2) is 47.6 Å². The van der Waals surface area contributed by atoms with Crippen LogP contribution in [0.25, 0.3) is 0 Å². The second kappa shape index (κ2) is 30.0. The number of hydrogen-bond acceptors (Lipinski definition) is 6. The molecule has 0 spiro atoms. The van der Waals surface area contributed by atoms with Gasteiger partial charge in [-0.1, -0.05) is 126 Å². The Morgan fingerprint density at radius 2 is 1.36 bits per heavy atom. The maximum Gasteiger partial charge on any atom is 0.306 e. The van der Waals surface area contributed by atoms with E-state index in [1.165, 1.54) is 32.1 Å². The van der Waals surface area contributed by atoms with E-state index < -0.39 is 12.2 Å². The molecule has 0 heterocycles. The Balaban J connectivity index is 3.80. The first-order chi connectivity index (χ1) is 20.4. The largest absolute Gasteiger partial charge is 0.462 e. The highest BCUT2D eigenvalue weighted by Crippen LogP contribution is 2.13. The van der Waals surface area contributed by atoms with Gasteiger partial charge in [-0.25, -0.2) is 0 Å². The number of ether oxygens (including phenoxy) is 2. The third kappa shape index (κ3) is 29.1. The van der Waals surface area contributed by atoms with Gasteiger partial charge in [0.15, 0.2) is 6.10 Å². The predicted molar refractivity (Wildman–Crippen MR) is 174 cm³/mol. The van der Waals surface area contributed by atoms with Crippen molar-refractivity contribution in [3.05, 3.63) is 60.8 Å². The first kappa shape index (κ1) is 39.6. The molecule has 0 aromatic rings. The van der Waals surface area contributed by atoms with E-state index in [0.717, 1.165) is 50.9 Å². The molecule has 0 saturated carbocycles. The second-order valence-corrected chi connectivity index (χ2v) is 11.2. The van der Waals surface area contributed by atoms with Gasteiger partial charge in [0.05, 0.1) is 12.7 Å². The molecule has 0 bridgehead atoms. The van der Waals surface area contributed by atoms with Gasteiger partial charge in [-0.2, -0.15) is 0 Å². The van der Waals surface area contributed by atoms with Crippen LogP contribution in [0.15, 0.2) is 60.8 Å². The van der Waals surface area contributed by atoms with Crippen molar-refractivity contribution in [2.24, 2.45) is 5.92 Å². The lowest BCUT2D eigenvalue weighted by Crippen LogP contribution is -2.28. The van der Waals surface area contributed by atoms with E-state index >= 15 is 0 Å². The molecular weight excluding hydrogens is 528 g/mol. The summed E-state index contributed by atoms with van der Waals surface area (Å²) in [5.74, 6) is 0.0881. The van der Waals surface area contributed by atoms with Crippen LogP contribution in [0.3, 0.4) is 0 Å². The number of aliphatic hydroxyl groups is 2. The van der Waals surface area contributed by atoms with Crippen LogP contribution in [-0.2, 0) is 19.1 Å². The predicted octanol–water partition coefficient (Wildman–Crippen LogP) is 8.49. The van der Waals surface area contributed by atoms with Gasteiger partial charge in [-0.05, 0) is 50.9 Å². The van der Waals surface area contributed by atoms with Crippen molar-refractivity contribution >= 4 is 11.9 Å². The number of unbranched alkanes of at least 4 members (excludes halogenated alkanes) is 7. The van der Waals surface area contributed by atoms with E-state index in [0.29, 0.717) is 19.3 Å². The fourth-order valence-corrected chi connectivity index (χ4v) is 4.09. The topological polar surface area (TPSA) is 93.1 Å². The smallest absolute Gasteiger partial charge is 0.306 e. The summed E-state index contributed by atoms with van der Waals surface area (Å²) in [7, 11) is 0. The Labute approximate surface area is 256 Å². The van der Waals surface area contributed by atoms with Crippen LogP contribution in [0.4, 0.5) is 0 Å². The van der Waals surface area contributed by atoms with Crippen molar-refractivity contribution in [3.8, 4) is 0 Å². The molecule has 42 heavy (non-hydrogen) atoms. The van der Waals surface area contributed by atoms with Crippen LogP contribution in [0, 0.1) is 5.92 Å². The van der Waals surface area contributed by atoms with Crippen LogP contribution in [0.5, 0.6) is 0 Å². The first-order valence-corrected chi connectivity index (χ1v) is 16.3. The molecule has 0 aromatic carbocycles. The second-order valence-electron chi connectivity index (χ2n) is 11.2. The number of allylic oxidation sites excluding steroid dienone is 8. The first-order valence-electron chi connectivity index (χ1n) is 16.3. The Hall–Kier alpha value is -2.44. The highest BCUT2D eigenvalue weighted by molar-refractivity contribution is 5.70. The van der Waals surface area contributed by atoms with Gasteiger partial charge in [0.1, 0.15) is 6.61 Å². The minimum atomic E-state index is -0.813. The van der Waals surface area contributed by atoms with Crippen molar-refractivity contribution < 1.29 is 29.3 Å². The number of hydrogen-bond donors (Lipinski definition) is 2. The van der Waals surface area contributed by atoms with E-state index in [1.807, 2.05) is 43.4 Å². The quantitative estimate of drug-likeness (QED) is 0.0433. The molecule has 0 aromatic heterocycles. The average molecular weight is 589 g/mol. The zero-order chi connectivity index (χ0) is 31.1. The van der Waals surface area contributed by atoms with Crippen molar-refractivity contribution in [1.82, 2.24) is 0 Å².